The summed E-state index contributed by atoms with van der Waals surface area (Å²) in [4.78, 5) is 14.4. The molecule has 1 spiro atoms. The Hall–Kier alpha value is -1.39. The summed E-state index contributed by atoms with van der Waals surface area (Å²) in [5, 5.41) is 3.14. The van der Waals surface area contributed by atoms with E-state index in [1.807, 2.05) is 13.8 Å². The summed E-state index contributed by atoms with van der Waals surface area (Å²) in [5.74, 6) is 0.175. The largest absolute Gasteiger partial charge is 0.373 e. The highest BCUT2D eigenvalue weighted by Crippen LogP contribution is 2.36. The van der Waals surface area contributed by atoms with Crippen molar-refractivity contribution in [3.63, 3.8) is 0 Å². The lowest BCUT2D eigenvalue weighted by molar-refractivity contribution is -0.124. The first-order valence-electron chi connectivity index (χ1n) is 9.59. The quantitative estimate of drug-likeness (QED) is 0.912. The van der Waals surface area contributed by atoms with Crippen molar-refractivity contribution in [2.75, 3.05) is 19.7 Å². The van der Waals surface area contributed by atoms with Crippen LogP contribution in [0.25, 0.3) is 0 Å². The molecule has 2 fully saturated rings. The zero-order valence-corrected chi connectivity index (χ0v) is 16.1. The molecule has 1 unspecified atom stereocenters. The Morgan fingerprint density at radius 3 is 2.48 bits per heavy atom. The van der Waals surface area contributed by atoms with Gasteiger partial charge in [-0.15, -0.1) is 0 Å². The van der Waals surface area contributed by atoms with Crippen LogP contribution >= 0.6 is 0 Å². The van der Waals surface area contributed by atoms with Crippen molar-refractivity contribution < 1.29 is 9.53 Å². The van der Waals surface area contributed by atoms with E-state index in [9.17, 15) is 4.79 Å². The van der Waals surface area contributed by atoms with Crippen LogP contribution in [-0.2, 0) is 16.1 Å². The Balaban J connectivity index is 1.51. The predicted octanol–water partition coefficient (Wildman–Crippen LogP) is 3.20. The second-order valence-electron chi connectivity index (χ2n) is 8.33. The number of amides is 1. The molecule has 2 aliphatic heterocycles. The molecule has 25 heavy (non-hydrogen) atoms. The van der Waals surface area contributed by atoms with Gasteiger partial charge in [0, 0.05) is 25.6 Å². The predicted molar refractivity (Wildman–Crippen MR) is 100 cm³/mol. The van der Waals surface area contributed by atoms with Crippen molar-refractivity contribution >= 4 is 5.91 Å². The van der Waals surface area contributed by atoms with E-state index in [4.69, 9.17) is 4.74 Å². The van der Waals surface area contributed by atoms with Crippen molar-refractivity contribution in [3.05, 3.63) is 34.9 Å². The lowest BCUT2D eigenvalue weighted by Gasteiger charge is -2.38. The fraction of sp³-hybridized carbons (Fsp3) is 0.667. The molecular formula is C21H32N2O2. The van der Waals surface area contributed by atoms with Crippen LogP contribution in [0.3, 0.4) is 0 Å². The van der Waals surface area contributed by atoms with Crippen molar-refractivity contribution in [1.82, 2.24) is 10.2 Å². The number of likely N-dealkylation sites (tertiary alicyclic amines) is 1. The summed E-state index contributed by atoms with van der Waals surface area (Å²) in [6.45, 7) is 12.0. The van der Waals surface area contributed by atoms with Gasteiger partial charge in [0.05, 0.1) is 18.2 Å². The fourth-order valence-electron chi connectivity index (χ4n) is 4.19. The zero-order valence-electron chi connectivity index (χ0n) is 16.1. The minimum atomic E-state index is -0.0199. The third-order valence-corrected chi connectivity index (χ3v) is 5.53. The minimum absolute atomic E-state index is 0.0199. The molecule has 3 rings (SSSR count). The molecule has 4 nitrogen and oxygen atoms in total. The van der Waals surface area contributed by atoms with Gasteiger partial charge in [0.25, 0.3) is 0 Å². The van der Waals surface area contributed by atoms with Crippen LogP contribution in [-0.4, -0.2) is 42.1 Å². The van der Waals surface area contributed by atoms with E-state index < -0.39 is 0 Å². The summed E-state index contributed by atoms with van der Waals surface area (Å²) in [5.41, 5.74) is 4.06. The SMILES string of the molecule is Cc1cc(C)cc(CN2CCC3(CC2)CC(NC(=O)C(C)C)CO3)c1. The number of carbonyl (C=O) groups is 1. The van der Waals surface area contributed by atoms with Gasteiger partial charge in [-0.3, -0.25) is 9.69 Å². The highest BCUT2D eigenvalue weighted by Gasteiger charge is 2.43. The van der Waals surface area contributed by atoms with Gasteiger partial charge in [0.2, 0.25) is 5.91 Å². The summed E-state index contributed by atoms with van der Waals surface area (Å²) in [6.07, 6.45) is 3.08. The highest BCUT2D eigenvalue weighted by atomic mass is 16.5. The van der Waals surface area contributed by atoms with Gasteiger partial charge in [0.1, 0.15) is 0 Å². The number of benzene rings is 1. The Morgan fingerprint density at radius 2 is 1.88 bits per heavy atom. The average Bonchev–Trinajstić information content (AvgIpc) is 2.91. The molecule has 0 aliphatic carbocycles. The molecule has 2 heterocycles. The van der Waals surface area contributed by atoms with Gasteiger partial charge in [0.15, 0.2) is 0 Å². The van der Waals surface area contributed by atoms with Crippen molar-refractivity contribution in [2.24, 2.45) is 5.92 Å². The molecule has 0 aromatic heterocycles. The van der Waals surface area contributed by atoms with Crippen molar-refractivity contribution in [1.29, 1.82) is 0 Å². The highest BCUT2D eigenvalue weighted by molar-refractivity contribution is 5.78. The molecule has 0 bridgehead atoms. The lowest BCUT2D eigenvalue weighted by atomic mass is 9.87. The van der Waals surface area contributed by atoms with Gasteiger partial charge in [-0.25, -0.2) is 0 Å². The molecule has 1 aromatic rings. The van der Waals surface area contributed by atoms with E-state index in [0.29, 0.717) is 6.61 Å². The average molecular weight is 344 g/mol. The first kappa shape index (κ1) is 18.4. The first-order valence-corrected chi connectivity index (χ1v) is 9.59. The molecular weight excluding hydrogens is 312 g/mol. The number of hydrogen-bond donors (Lipinski definition) is 1. The number of piperidine rings is 1. The molecule has 2 aliphatic rings. The lowest BCUT2D eigenvalue weighted by Crippen LogP contribution is -2.45. The molecule has 0 saturated carbocycles. The summed E-state index contributed by atoms with van der Waals surface area (Å²) >= 11 is 0. The number of carbonyl (C=O) groups excluding carboxylic acids is 1. The van der Waals surface area contributed by atoms with E-state index in [2.05, 4.69) is 42.3 Å². The molecule has 0 radical (unpaired) electrons. The van der Waals surface area contributed by atoms with E-state index in [1.165, 1.54) is 16.7 Å². The molecule has 4 heteroatoms. The molecule has 2 saturated heterocycles. The molecule has 1 amide bonds. The summed E-state index contributed by atoms with van der Waals surface area (Å²) in [6, 6.07) is 7.00. The Morgan fingerprint density at radius 1 is 1.24 bits per heavy atom. The molecule has 1 N–H and O–H groups in total. The number of hydrogen-bond acceptors (Lipinski definition) is 3. The Labute approximate surface area is 151 Å². The molecule has 1 aromatic carbocycles. The van der Waals surface area contributed by atoms with Crippen molar-refractivity contribution in [2.45, 2.75) is 65.1 Å². The second kappa shape index (κ2) is 7.46. The van der Waals surface area contributed by atoms with Gasteiger partial charge in [-0.05, 0) is 38.7 Å². The van der Waals surface area contributed by atoms with Crippen LogP contribution in [0.4, 0.5) is 0 Å². The van der Waals surface area contributed by atoms with Crippen LogP contribution in [0.1, 0.15) is 49.8 Å². The topological polar surface area (TPSA) is 41.6 Å². The van der Waals surface area contributed by atoms with E-state index in [0.717, 1.165) is 38.9 Å². The number of aryl methyl sites for hydroxylation is 2. The van der Waals surface area contributed by atoms with Crippen LogP contribution < -0.4 is 5.32 Å². The molecule has 138 valence electrons. The summed E-state index contributed by atoms with van der Waals surface area (Å²) in [7, 11) is 0. The van der Waals surface area contributed by atoms with E-state index in [-0.39, 0.29) is 23.5 Å². The van der Waals surface area contributed by atoms with Crippen LogP contribution in [0, 0.1) is 19.8 Å². The monoisotopic (exact) mass is 344 g/mol. The number of nitrogens with zero attached hydrogens (tertiary/aromatic N) is 1. The van der Waals surface area contributed by atoms with E-state index >= 15 is 0 Å². The normalized spacial score (nSPS) is 23.3. The molecule has 1 atom stereocenters. The minimum Gasteiger partial charge on any atom is -0.373 e. The Bertz CT molecular complexity index is 598. The second-order valence-corrected chi connectivity index (χ2v) is 8.33. The smallest absolute Gasteiger partial charge is 0.222 e. The van der Waals surface area contributed by atoms with Gasteiger partial charge < -0.3 is 10.1 Å². The number of ether oxygens (including phenoxy) is 1. The van der Waals surface area contributed by atoms with Crippen molar-refractivity contribution in [3.8, 4) is 0 Å². The maximum Gasteiger partial charge on any atom is 0.222 e. The maximum atomic E-state index is 11.9. The first-order chi connectivity index (χ1) is 11.8. The number of nitrogens with one attached hydrogen (secondary N) is 1. The number of rotatable bonds is 4. The van der Waals surface area contributed by atoms with Gasteiger partial charge in [-0.2, -0.15) is 0 Å². The van der Waals surface area contributed by atoms with Crippen LogP contribution in [0.2, 0.25) is 0 Å². The van der Waals surface area contributed by atoms with E-state index in [1.54, 1.807) is 0 Å². The van der Waals surface area contributed by atoms with Gasteiger partial charge in [-0.1, -0.05) is 43.2 Å². The fourth-order valence-corrected chi connectivity index (χ4v) is 4.19. The van der Waals surface area contributed by atoms with Crippen LogP contribution in [0.5, 0.6) is 0 Å². The Kier molecular flexibility index (Phi) is 5.49. The third kappa shape index (κ3) is 4.62. The summed E-state index contributed by atoms with van der Waals surface area (Å²) < 4.78 is 6.17. The van der Waals surface area contributed by atoms with Gasteiger partial charge >= 0.3 is 0 Å². The maximum absolute atomic E-state index is 11.9. The third-order valence-electron chi connectivity index (χ3n) is 5.53. The zero-order chi connectivity index (χ0) is 18.0. The standard InChI is InChI=1S/C21H32N2O2/c1-15(2)20(24)22-19-12-21(25-14-19)5-7-23(8-6-21)13-18-10-16(3)9-17(4)11-18/h9-11,15,19H,5-8,12-14H2,1-4H3,(H,22,24). The van der Waals surface area contributed by atoms with Crippen LogP contribution in [0.15, 0.2) is 18.2 Å².